The number of nitrogens with zero attached hydrogens (tertiary/aromatic N) is 2. The quantitative estimate of drug-likeness (QED) is 0.810. The Morgan fingerprint density at radius 3 is 3.00 bits per heavy atom. The summed E-state index contributed by atoms with van der Waals surface area (Å²) in [6, 6.07) is 5.91. The average Bonchev–Trinajstić information content (AvgIpc) is 2.97. The minimum atomic E-state index is -0.0279. The van der Waals surface area contributed by atoms with Crippen molar-refractivity contribution in [2.24, 2.45) is 0 Å². The Hall–Kier alpha value is -2.37. The second kappa shape index (κ2) is 7.42. The minimum Gasteiger partial charge on any atom is -0.493 e. The number of carbonyl (C=O) groups excluding carboxylic acids is 1. The molecule has 0 saturated carbocycles. The van der Waals surface area contributed by atoms with Crippen molar-refractivity contribution in [3.8, 4) is 5.75 Å². The monoisotopic (exact) mass is 288 g/mol. The number of aromatic amines is 1. The number of hydrogen-bond acceptors (Lipinski definition) is 4. The van der Waals surface area contributed by atoms with Crippen LogP contribution >= 0.6 is 0 Å². The number of hydrogen-bond donors (Lipinski definition) is 2. The lowest BCUT2D eigenvalue weighted by molar-refractivity contribution is -0.121. The molecule has 6 nitrogen and oxygen atoms in total. The number of aromatic nitrogens is 3. The van der Waals surface area contributed by atoms with Crippen LogP contribution in [0.1, 0.15) is 23.4 Å². The molecule has 0 fully saturated rings. The average molecular weight is 288 g/mol. The lowest BCUT2D eigenvalue weighted by Gasteiger charge is -2.10. The van der Waals surface area contributed by atoms with Crippen LogP contribution in [0.15, 0.2) is 24.5 Å². The van der Waals surface area contributed by atoms with E-state index in [2.05, 4.69) is 20.5 Å². The van der Waals surface area contributed by atoms with E-state index < -0.39 is 0 Å². The molecule has 0 aliphatic heterocycles. The third kappa shape index (κ3) is 4.59. The van der Waals surface area contributed by atoms with E-state index in [0.717, 1.165) is 17.1 Å². The Kier molecular flexibility index (Phi) is 5.31. The lowest BCUT2D eigenvalue weighted by atomic mass is 10.1. The maximum Gasteiger partial charge on any atom is 0.223 e. The summed E-state index contributed by atoms with van der Waals surface area (Å²) in [7, 11) is 0. The molecule has 6 heteroatoms. The Bertz CT molecular complexity index is 581. The van der Waals surface area contributed by atoms with E-state index in [-0.39, 0.29) is 5.91 Å². The fraction of sp³-hybridized carbons (Fsp3) is 0.400. The minimum absolute atomic E-state index is 0.0279. The van der Waals surface area contributed by atoms with Gasteiger partial charge in [0.15, 0.2) is 0 Å². The first-order valence-corrected chi connectivity index (χ1v) is 6.97. The number of benzene rings is 1. The molecule has 112 valence electrons. The van der Waals surface area contributed by atoms with Crippen molar-refractivity contribution in [3.63, 3.8) is 0 Å². The van der Waals surface area contributed by atoms with Crippen LogP contribution in [-0.2, 0) is 11.2 Å². The molecule has 0 unspecified atom stereocenters. The summed E-state index contributed by atoms with van der Waals surface area (Å²) in [6.45, 7) is 4.97. The number of aryl methyl sites for hydroxylation is 1. The molecule has 21 heavy (non-hydrogen) atoms. The molecule has 1 aromatic heterocycles. The van der Waals surface area contributed by atoms with E-state index in [0.29, 0.717) is 26.0 Å². The molecule has 0 bridgehead atoms. The maximum atomic E-state index is 11.7. The molecule has 1 amide bonds. The van der Waals surface area contributed by atoms with Crippen molar-refractivity contribution in [3.05, 3.63) is 41.5 Å². The van der Waals surface area contributed by atoms with Gasteiger partial charge in [-0.2, -0.15) is 5.10 Å². The molecule has 2 aromatic rings. The highest BCUT2D eigenvalue weighted by Crippen LogP contribution is 2.20. The van der Waals surface area contributed by atoms with Crippen LogP contribution < -0.4 is 10.1 Å². The molecule has 0 spiro atoms. The number of H-pyrrole nitrogens is 1. The first-order valence-electron chi connectivity index (χ1n) is 6.97. The van der Waals surface area contributed by atoms with E-state index in [1.54, 1.807) is 0 Å². The van der Waals surface area contributed by atoms with E-state index in [1.807, 2.05) is 32.0 Å². The van der Waals surface area contributed by atoms with Crippen LogP contribution in [0.4, 0.5) is 0 Å². The van der Waals surface area contributed by atoms with Crippen LogP contribution in [0.3, 0.4) is 0 Å². The van der Waals surface area contributed by atoms with Crippen molar-refractivity contribution in [2.75, 3.05) is 13.2 Å². The van der Waals surface area contributed by atoms with Crippen molar-refractivity contribution in [2.45, 2.75) is 26.7 Å². The van der Waals surface area contributed by atoms with Gasteiger partial charge in [-0.1, -0.05) is 12.1 Å². The lowest BCUT2D eigenvalue weighted by Crippen LogP contribution is -2.27. The first-order chi connectivity index (χ1) is 10.2. The summed E-state index contributed by atoms with van der Waals surface area (Å²) < 4.78 is 5.65. The van der Waals surface area contributed by atoms with Gasteiger partial charge in [-0.15, -0.1) is 0 Å². The van der Waals surface area contributed by atoms with E-state index in [4.69, 9.17) is 4.74 Å². The normalized spacial score (nSPS) is 10.4. The highest BCUT2D eigenvalue weighted by molar-refractivity contribution is 5.75. The SMILES string of the molecule is Cc1cccc(OCCC(=O)NCCc2ncn[nH]2)c1C. The molecular weight excluding hydrogens is 268 g/mol. The van der Waals surface area contributed by atoms with E-state index in [9.17, 15) is 4.79 Å². The van der Waals surface area contributed by atoms with Crippen molar-refractivity contribution in [1.29, 1.82) is 0 Å². The van der Waals surface area contributed by atoms with Gasteiger partial charge in [0, 0.05) is 13.0 Å². The predicted octanol–water partition coefficient (Wildman–Crippen LogP) is 1.55. The summed E-state index contributed by atoms with van der Waals surface area (Å²) in [4.78, 5) is 15.7. The molecule has 0 aliphatic rings. The van der Waals surface area contributed by atoms with Gasteiger partial charge in [-0.05, 0) is 31.0 Å². The Morgan fingerprint density at radius 2 is 2.24 bits per heavy atom. The van der Waals surface area contributed by atoms with Crippen molar-refractivity contribution >= 4 is 5.91 Å². The Balaban J connectivity index is 1.66. The van der Waals surface area contributed by atoms with E-state index in [1.165, 1.54) is 11.9 Å². The molecule has 0 saturated heterocycles. The van der Waals surface area contributed by atoms with Crippen LogP contribution in [0.5, 0.6) is 5.75 Å². The number of nitrogens with one attached hydrogen (secondary N) is 2. The smallest absolute Gasteiger partial charge is 0.223 e. The van der Waals surface area contributed by atoms with Crippen LogP contribution in [0.2, 0.25) is 0 Å². The molecule has 0 aliphatic carbocycles. The van der Waals surface area contributed by atoms with Gasteiger partial charge in [-0.3, -0.25) is 9.89 Å². The van der Waals surface area contributed by atoms with Crippen LogP contribution in [0.25, 0.3) is 0 Å². The van der Waals surface area contributed by atoms with Crippen molar-refractivity contribution in [1.82, 2.24) is 20.5 Å². The maximum absolute atomic E-state index is 11.7. The van der Waals surface area contributed by atoms with Crippen LogP contribution in [0, 0.1) is 13.8 Å². The highest BCUT2D eigenvalue weighted by Gasteiger charge is 2.05. The molecule has 2 rings (SSSR count). The Morgan fingerprint density at radius 1 is 1.38 bits per heavy atom. The predicted molar refractivity (Wildman–Crippen MR) is 79.1 cm³/mol. The van der Waals surface area contributed by atoms with Gasteiger partial charge in [0.1, 0.15) is 17.9 Å². The van der Waals surface area contributed by atoms with Crippen LogP contribution in [-0.4, -0.2) is 34.2 Å². The first kappa shape index (κ1) is 15.0. The standard InChI is InChI=1S/C15H20N4O2/c1-11-4-3-5-13(12(11)2)21-9-7-15(20)16-8-6-14-17-10-18-19-14/h3-5,10H,6-9H2,1-2H3,(H,16,20)(H,17,18,19). The molecule has 1 aromatic carbocycles. The summed E-state index contributed by atoms with van der Waals surface area (Å²) in [6.07, 6.45) is 2.43. The zero-order chi connectivity index (χ0) is 15.1. The zero-order valence-electron chi connectivity index (χ0n) is 12.3. The Labute approximate surface area is 123 Å². The molecule has 1 heterocycles. The second-order valence-corrected chi connectivity index (χ2v) is 4.83. The number of ether oxygens (including phenoxy) is 1. The molecular formula is C15H20N4O2. The number of amides is 1. The number of rotatable bonds is 7. The summed E-state index contributed by atoms with van der Waals surface area (Å²) >= 11 is 0. The molecule has 0 atom stereocenters. The number of carbonyl (C=O) groups is 1. The van der Waals surface area contributed by atoms with Crippen molar-refractivity contribution < 1.29 is 9.53 Å². The van der Waals surface area contributed by atoms with E-state index >= 15 is 0 Å². The van der Waals surface area contributed by atoms with Gasteiger partial charge < -0.3 is 10.1 Å². The summed E-state index contributed by atoms with van der Waals surface area (Å²) in [5, 5.41) is 9.33. The van der Waals surface area contributed by atoms with Gasteiger partial charge >= 0.3 is 0 Å². The summed E-state index contributed by atoms with van der Waals surface area (Å²) in [5.74, 6) is 1.58. The van der Waals surface area contributed by atoms with Gasteiger partial charge in [-0.25, -0.2) is 4.98 Å². The van der Waals surface area contributed by atoms with Gasteiger partial charge in [0.2, 0.25) is 5.91 Å². The molecule has 2 N–H and O–H groups in total. The highest BCUT2D eigenvalue weighted by atomic mass is 16.5. The third-order valence-corrected chi connectivity index (χ3v) is 3.29. The second-order valence-electron chi connectivity index (χ2n) is 4.83. The topological polar surface area (TPSA) is 79.9 Å². The zero-order valence-corrected chi connectivity index (χ0v) is 12.3. The van der Waals surface area contributed by atoms with Gasteiger partial charge in [0.05, 0.1) is 13.0 Å². The van der Waals surface area contributed by atoms with Gasteiger partial charge in [0.25, 0.3) is 0 Å². The largest absolute Gasteiger partial charge is 0.493 e. The fourth-order valence-electron chi connectivity index (χ4n) is 1.89. The fourth-order valence-corrected chi connectivity index (χ4v) is 1.89. The molecule has 0 radical (unpaired) electrons. The summed E-state index contributed by atoms with van der Waals surface area (Å²) in [5.41, 5.74) is 2.30. The third-order valence-electron chi connectivity index (χ3n) is 3.29.